The summed E-state index contributed by atoms with van der Waals surface area (Å²) >= 11 is 1.72. The number of hydrogen-bond donors (Lipinski definition) is 1. The van der Waals surface area contributed by atoms with Crippen LogP contribution in [0.2, 0.25) is 0 Å². The van der Waals surface area contributed by atoms with Crippen LogP contribution in [0.3, 0.4) is 0 Å². The third-order valence-corrected chi connectivity index (χ3v) is 4.67. The van der Waals surface area contributed by atoms with Gasteiger partial charge in [0.05, 0.1) is 5.69 Å². The highest BCUT2D eigenvalue weighted by molar-refractivity contribution is 7.13. The fourth-order valence-corrected chi connectivity index (χ4v) is 3.78. The number of aromatic nitrogens is 1. The number of piperidine rings is 1. The molecule has 1 aliphatic rings. The Balaban J connectivity index is 1.68. The highest BCUT2D eigenvalue weighted by atomic mass is 32.1. The van der Waals surface area contributed by atoms with Crippen molar-refractivity contribution < 1.29 is 0 Å². The second-order valence-electron chi connectivity index (χ2n) is 5.81. The van der Waals surface area contributed by atoms with Gasteiger partial charge in [-0.2, -0.15) is 0 Å². The van der Waals surface area contributed by atoms with Crippen molar-refractivity contribution in [1.29, 1.82) is 0 Å². The number of thiazole rings is 1. The van der Waals surface area contributed by atoms with E-state index in [1.807, 2.05) is 6.07 Å². The monoisotopic (exact) mass is 287 g/mol. The maximum Gasteiger partial charge on any atom is 0.123 e. The van der Waals surface area contributed by atoms with Gasteiger partial charge in [-0.3, -0.25) is 4.90 Å². The minimum absolute atomic E-state index is 0.311. The van der Waals surface area contributed by atoms with Gasteiger partial charge in [-0.1, -0.05) is 37.3 Å². The standard InChI is InChI=1S/C16H21N3S/c1-12-7-14(17)9-19(8-12)10-15-11-20-16(18-15)13-5-3-2-4-6-13/h2-6,11-12,14H,7-10,17H2,1H3. The van der Waals surface area contributed by atoms with Gasteiger partial charge in [0, 0.05) is 36.6 Å². The van der Waals surface area contributed by atoms with E-state index in [0.29, 0.717) is 12.0 Å². The number of nitrogens with two attached hydrogens (primary N) is 1. The molecule has 106 valence electrons. The van der Waals surface area contributed by atoms with Crippen LogP contribution in [-0.4, -0.2) is 29.0 Å². The van der Waals surface area contributed by atoms with Crippen molar-refractivity contribution in [2.24, 2.45) is 11.7 Å². The zero-order valence-electron chi connectivity index (χ0n) is 11.8. The van der Waals surface area contributed by atoms with Gasteiger partial charge in [0.25, 0.3) is 0 Å². The van der Waals surface area contributed by atoms with Crippen LogP contribution in [0.15, 0.2) is 35.7 Å². The predicted octanol–water partition coefficient (Wildman–Crippen LogP) is 2.98. The van der Waals surface area contributed by atoms with Crippen LogP contribution in [-0.2, 0) is 6.54 Å². The molecule has 2 unspecified atom stereocenters. The molecule has 1 aliphatic heterocycles. The van der Waals surface area contributed by atoms with Crippen LogP contribution in [0.1, 0.15) is 19.0 Å². The summed E-state index contributed by atoms with van der Waals surface area (Å²) in [4.78, 5) is 7.19. The lowest BCUT2D eigenvalue weighted by Gasteiger charge is -2.34. The summed E-state index contributed by atoms with van der Waals surface area (Å²) in [7, 11) is 0. The third kappa shape index (κ3) is 3.26. The van der Waals surface area contributed by atoms with Crippen LogP contribution >= 0.6 is 11.3 Å². The van der Waals surface area contributed by atoms with Crippen molar-refractivity contribution in [3.05, 3.63) is 41.4 Å². The third-order valence-electron chi connectivity index (χ3n) is 3.73. The quantitative estimate of drug-likeness (QED) is 0.943. The van der Waals surface area contributed by atoms with E-state index in [9.17, 15) is 0 Å². The van der Waals surface area contributed by atoms with E-state index in [4.69, 9.17) is 10.7 Å². The van der Waals surface area contributed by atoms with Gasteiger partial charge in [-0.15, -0.1) is 11.3 Å². The molecule has 1 aromatic carbocycles. The van der Waals surface area contributed by atoms with E-state index in [0.717, 1.165) is 36.8 Å². The van der Waals surface area contributed by atoms with Crippen LogP contribution < -0.4 is 5.73 Å². The molecular weight excluding hydrogens is 266 g/mol. The van der Waals surface area contributed by atoms with Crippen molar-refractivity contribution in [3.63, 3.8) is 0 Å². The van der Waals surface area contributed by atoms with Crippen molar-refractivity contribution in [1.82, 2.24) is 9.88 Å². The van der Waals surface area contributed by atoms with Crippen molar-refractivity contribution in [3.8, 4) is 10.6 Å². The molecule has 0 bridgehead atoms. The lowest BCUT2D eigenvalue weighted by atomic mass is 9.96. The summed E-state index contributed by atoms with van der Waals surface area (Å²) < 4.78 is 0. The smallest absolute Gasteiger partial charge is 0.123 e. The molecule has 0 aliphatic carbocycles. The first-order valence-corrected chi connectivity index (χ1v) is 8.06. The molecule has 2 heterocycles. The van der Waals surface area contributed by atoms with Crippen LogP contribution in [0.4, 0.5) is 0 Å². The first kappa shape index (κ1) is 13.7. The van der Waals surface area contributed by atoms with E-state index < -0.39 is 0 Å². The number of likely N-dealkylation sites (tertiary alicyclic amines) is 1. The Bertz CT molecular complexity index is 542. The molecule has 0 saturated carbocycles. The number of hydrogen-bond acceptors (Lipinski definition) is 4. The first-order valence-electron chi connectivity index (χ1n) is 7.18. The second kappa shape index (κ2) is 6.04. The molecule has 2 N–H and O–H groups in total. The Morgan fingerprint density at radius 2 is 2.10 bits per heavy atom. The van der Waals surface area contributed by atoms with Crippen LogP contribution in [0, 0.1) is 5.92 Å². The summed E-state index contributed by atoms with van der Waals surface area (Å²) in [6, 6.07) is 10.7. The number of benzene rings is 1. The van der Waals surface area contributed by atoms with E-state index in [1.54, 1.807) is 11.3 Å². The SMILES string of the molecule is CC1CC(N)CN(Cc2csc(-c3ccccc3)n2)C1. The largest absolute Gasteiger partial charge is 0.327 e. The van der Waals surface area contributed by atoms with E-state index in [1.165, 1.54) is 5.56 Å². The minimum atomic E-state index is 0.311. The number of nitrogens with zero attached hydrogens (tertiary/aromatic N) is 2. The van der Waals surface area contributed by atoms with Crippen LogP contribution in [0.5, 0.6) is 0 Å². The molecule has 2 atom stereocenters. The molecule has 1 saturated heterocycles. The summed E-state index contributed by atoms with van der Waals surface area (Å²) in [5.41, 5.74) is 8.47. The maximum absolute atomic E-state index is 6.11. The van der Waals surface area contributed by atoms with Gasteiger partial charge < -0.3 is 5.73 Å². The maximum atomic E-state index is 6.11. The molecule has 2 aromatic rings. The highest BCUT2D eigenvalue weighted by Gasteiger charge is 2.22. The molecule has 3 rings (SSSR count). The molecule has 0 spiro atoms. The van der Waals surface area contributed by atoms with Crippen LogP contribution in [0.25, 0.3) is 10.6 Å². The lowest BCUT2D eigenvalue weighted by Crippen LogP contribution is -2.45. The Kier molecular flexibility index (Phi) is 4.15. The van der Waals surface area contributed by atoms with Crippen molar-refractivity contribution in [2.45, 2.75) is 25.9 Å². The molecule has 0 radical (unpaired) electrons. The summed E-state index contributed by atoms with van der Waals surface area (Å²) in [6.07, 6.45) is 1.14. The molecule has 0 amide bonds. The van der Waals surface area contributed by atoms with E-state index in [2.05, 4.69) is 41.5 Å². The average Bonchev–Trinajstić information content (AvgIpc) is 2.87. The minimum Gasteiger partial charge on any atom is -0.327 e. The number of rotatable bonds is 3. The Hall–Kier alpha value is -1.23. The van der Waals surface area contributed by atoms with Crippen molar-refractivity contribution in [2.75, 3.05) is 13.1 Å². The Morgan fingerprint density at radius 3 is 2.85 bits per heavy atom. The highest BCUT2D eigenvalue weighted by Crippen LogP contribution is 2.25. The van der Waals surface area contributed by atoms with Gasteiger partial charge in [0.1, 0.15) is 5.01 Å². The second-order valence-corrected chi connectivity index (χ2v) is 6.66. The summed E-state index contributed by atoms with van der Waals surface area (Å²) in [5.74, 6) is 0.686. The fourth-order valence-electron chi connectivity index (χ4n) is 2.96. The van der Waals surface area contributed by atoms with Gasteiger partial charge >= 0.3 is 0 Å². The molecule has 1 aromatic heterocycles. The van der Waals surface area contributed by atoms with Gasteiger partial charge in [-0.05, 0) is 12.3 Å². The molecule has 4 heteroatoms. The van der Waals surface area contributed by atoms with Gasteiger partial charge in [-0.25, -0.2) is 4.98 Å². The fraction of sp³-hybridized carbons (Fsp3) is 0.438. The predicted molar refractivity (Wildman–Crippen MR) is 84.6 cm³/mol. The molecule has 3 nitrogen and oxygen atoms in total. The average molecular weight is 287 g/mol. The van der Waals surface area contributed by atoms with Gasteiger partial charge in [0.2, 0.25) is 0 Å². The Labute approximate surface area is 124 Å². The molecule has 20 heavy (non-hydrogen) atoms. The first-order chi connectivity index (χ1) is 9.70. The normalized spacial score (nSPS) is 23.9. The van der Waals surface area contributed by atoms with Crippen molar-refractivity contribution >= 4 is 11.3 Å². The van der Waals surface area contributed by atoms with E-state index >= 15 is 0 Å². The summed E-state index contributed by atoms with van der Waals surface area (Å²) in [6.45, 7) is 5.32. The summed E-state index contributed by atoms with van der Waals surface area (Å²) in [5, 5.41) is 3.28. The van der Waals surface area contributed by atoms with Gasteiger partial charge in [0.15, 0.2) is 0 Å². The van der Waals surface area contributed by atoms with E-state index in [-0.39, 0.29) is 0 Å². The Morgan fingerprint density at radius 1 is 1.30 bits per heavy atom. The molecular formula is C16H21N3S. The zero-order chi connectivity index (χ0) is 13.9. The topological polar surface area (TPSA) is 42.1 Å². The molecule has 1 fully saturated rings. The zero-order valence-corrected chi connectivity index (χ0v) is 12.6. The lowest BCUT2D eigenvalue weighted by molar-refractivity contribution is 0.157.